The van der Waals surface area contributed by atoms with Crippen molar-refractivity contribution in [1.29, 1.82) is 0 Å². The van der Waals surface area contributed by atoms with Crippen molar-refractivity contribution in [2.45, 2.75) is 38.5 Å². The molecule has 2 aromatic carbocycles. The molecule has 0 bridgehead atoms. The number of ether oxygens (including phenoxy) is 1. The minimum atomic E-state index is -0.981. The first-order valence-electron chi connectivity index (χ1n) is 7.84. The SMILES string of the molecule is CC(C)(C)OC(=O)N[C@@H](c1ccc(Cl)cc1)[C@H](O)c1ccc(Cl)cc1. The van der Waals surface area contributed by atoms with Gasteiger partial charge in [0.15, 0.2) is 0 Å². The monoisotopic (exact) mass is 381 g/mol. The molecule has 0 saturated heterocycles. The highest BCUT2D eigenvalue weighted by atomic mass is 35.5. The van der Waals surface area contributed by atoms with Crippen LogP contribution in [-0.4, -0.2) is 16.8 Å². The van der Waals surface area contributed by atoms with E-state index in [-0.39, 0.29) is 0 Å². The maximum Gasteiger partial charge on any atom is 0.408 e. The Bertz CT molecular complexity index is 709. The van der Waals surface area contributed by atoms with E-state index in [2.05, 4.69) is 5.32 Å². The molecular formula is C19H21Cl2NO3. The molecular weight excluding hydrogens is 361 g/mol. The number of aliphatic hydroxyl groups excluding tert-OH is 1. The van der Waals surface area contributed by atoms with Crippen molar-refractivity contribution in [2.24, 2.45) is 0 Å². The van der Waals surface area contributed by atoms with Gasteiger partial charge in [-0.1, -0.05) is 47.5 Å². The second kappa shape index (κ2) is 8.09. The van der Waals surface area contributed by atoms with Gasteiger partial charge >= 0.3 is 6.09 Å². The summed E-state index contributed by atoms with van der Waals surface area (Å²) in [6, 6.07) is 13.0. The third-order valence-electron chi connectivity index (χ3n) is 3.43. The lowest BCUT2D eigenvalue weighted by atomic mass is 9.96. The summed E-state index contributed by atoms with van der Waals surface area (Å²) >= 11 is 11.8. The summed E-state index contributed by atoms with van der Waals surface area (Å²) in [6.07, 6.45) is -1.59. The normalized spacial score (nSPS) is 13.8. The number of hydrogen-bond acceptors (Lipinski definition) is 3. The van der Waals surface area contributed by atoms with E-state index in [4.69, 9.17) is 27.9 Å². The number of aliphatic hydroxyl groups is 1. The van der Waals surface area contributed by atoms with E-state index in [0.717, 1.165) is 0 Å². The number of hydrogen-bond donors (Lipinski definition) is 2. The number of rotatable bonds is 4. The van der Waals surface area contributed by atoms with Gasteiger partial charge in [-0.05, 0) is 56.2 Å². The standard InChI is InChI=1S/C19H21Cl2NO3/c1-19(2,3)25-18(24)22-16(12-4-8-14(20)9-5-12)17(23)13-6-10-15(21)11-7-13/h4-11,16-17,23H,1-3H3,(H,22,24)/t16-,17+/m0/s1. The van der Waals surface area contributed by atoms with Crippen molar-refractivity contribution in [1.82, 2.24) is 5.32 Å². The molecule has 134 valence electrons. The number of alkyl carbamates (subject to hydrolysis) is 1. The van der Waals surface area contributed by atoms with Crippen LogP contribution in [-0.2, 0) is 4.74 Å². The average Bonchev–Trinajstić information content (AvgIpc) is 2.52. The Morgan fingerprint density at radius 1 is 0.960 bits per heavy atom. The van der Waals surface area contributed by atoms with E-state index in [1.54, 1.807) is 69.3 Å². The molecule has 0 aliphatic carbocycles. The van der Waals surface area contributed by atoms with Crippen LogP contribution in [0.4, 0.5) is 4.79 Å². The van der Waals surface area contributed by atoms with Crippen LogP contribution in [0.15, 0.2) is 48.5 Å². The molecule has 0 unspecified atom stereocenters. The van der Waals surface area contributed by atoms with Gasteiger partial charge in [0.25, 0.3) is 0 Å². The highest BCUT2D eigenvalue weighted by Gasteiger charge is 2.27. The largest absolute Gasteiger partial charge is 0.444 e. The fourth-order valence-corrected chi connectivity index (χ4v) is 2.55. The van der Waals surface area contributed by atoms with Gasteiger partial charge in [-0.2, -0.15) is 0 Å². The third kappa shape index (κ3) is 5.92. The fourth-order valence-electron chi connectivity index (χ4n) is 2.30. The quantitative estimate of drug-likeness (QED) is 0.755. The highest BCUT2D eigenvalue weighted by Crippen LogP contribution is 2.30. The Morgan fingerprint density at radius 2 is 1.40 bits per heavy atom. The molecule has 4 nitrogen and oxygen atoms in total. The zero-order valence-corrected chi connectivity index (χ0v) is 15.8. The summed E-state index contributed by atoms with van der Waals surface area (Å²) in [4.78, 5) is 12.2. The molecule has 25 heavy (non-hydrogen) atoms. The molecule has 0 spiro atoms. The van der Waals surface area contributed by atoms with Crippen LogP contribution in [0, 0.1) is 0 Å². The first-order chi connectivity index (χ1) is 11.7. The molecule has 0 aromatic heterocycles. The number of amides is 1. The summed E-state index contributed by atoms with van der Waals surface area (Å²) in [6.45, 7) is 5.33. The molecule has 2 rings (SSSR count). The third-order valence-corrected chi connectivity index (χ3v) is 3.93. The van der Waals surface area contributed by atoms with Gasteiger partial charge < -0.3 is 15.2 Å². The second-order valence-electron chi connectivity index (χ2n) is 6.67. The summed E-state index contributed by atoms with van der Waals surface area (Å²) in [5, 5.41) is 14.7. The van der Waals surface area contributed by atoms with E-state index in [9.17, 15) is 9.90 Å². The van der Waals surface area contributed by atoms with Crippen LogP contribution < -0.4 is 5.32 Å². The lowest BCUT2D eigenvalue weighted by Gasteiger charge is -2.27. The number of carbonyl (C=O) groups excluding carboxylic acids is 1. The molecule has 0 saturated carbocycles. The molecule has 0 radical (unpaired) electrons. The minimum absolute atomic E-state index is 0.569. The smallest absolute Gasteiger partial charge is 0.408 e. The Balaban J connectivity index is 2.29. The van der Waals surface area contributed by atoms with E-state index in [1.807, 2.05) is 0 Å². The predicted molar refractivity (Wildman–Crippen MR) is 100.0 cm³/mol. The molecule has 0 aliphatic rings. The lowest BCUT2D eigenvalue weighted by Crippen LogP contribution is -2.37. The van der Waals surface area contributed by atoms with Crippen LogP contribution >= 0.6 is 23.2 Å². The van der Waals surface area contributed by atoms with Crippen molar-refractivity contribution in [3.8, 4) is 0 Å². The maximum absolute atomic E-state index is 12.2. The number of benzene rings is 2. The first-order valence-corrected chi connectivity index (χ1v) is 8.60. The first kappa shape index (κ1) is 19.6. The van der Waals surface area contributed by atoms with Crippen LogP contribution in [0.25, 0.3) is 0 Å². The Morgan fingerprint density at radius 3 is 1.84 bits per heavy atom. The molecule has 2 atom stereocenters. The molecule has 2 aromatic rings. The van der Waals surface area contributed by atoms with Gasteiger partial charge in [0.2, 0.25) is 0 Å². The van der Waals surface area contributed by atoms with Crippen LogP contribution in [0.1, 0.15) is 44.0 Å². The van der Waals surface area contributed by atoms with E-state index < -0.39 is 23.8 Å². The molecule has 0 fully saturated rings. The zero-order chi connectivity index (χ0) is 18.6. The van der Waals surface area contributed by atoms with Gasteiger partial charge in [0, 0.05) is 10.0 Å². The lowest BCUT2D eigenvalue weighted by molar-refractivity contribution is 0.0419. The fraction of sp³-hybridized carbons (Fsp3) is 0.316. The van der Waals surface area contributed by atoms with Crippen molar-refractivity contribution in [2.75, 3.05) is 0 Å². The highest BCUT2D eigenvalue weighted by molar-refractivity contribution is 6.30. The van der Waals surface area contributed by atoms with Gasteiger partial charge in [-0.3, -0.25) is 0 Å². The van der Waals surface area contributed by atoms with E-state index >= 15 is 0 Å². The van der Waals surface area contributed by atoms with Gasteiger partial charge in [0.1, 0.15) is 11.7 Å². The topological polar surface area (TPSA) is 58.6 Å². The molecule has 2 N–H and O–H groups in total. The average molecular weight is 382 g/mol. The summed E-state index contributed by atoms with van der Waals surface area (Å²) in [7, 11) is 0. The second-order valence-corrected chi connectivity index (χ2v) is 7.54. The van der Waals surface area contributed by atoms with Gasteiger partial charge in [-0.25, -0.2) is 4.79 Å². The zero-order valence-electron chi connectivity index (χ0n) is 14.3. The number of nitrogens with one attached hydrogen (secondary N) is 1. The molecule has 0 heterocycles. The predicted octanol–water partition coefficient (Wildman–Crippen LogP) is 5.29. The van der Waals surface area contributed by atoms with Crippen molar-refractivity contribution >= 4 is 29.3 Å². The number of carbonyl (C=O) groups is 1. The van der Waals surface area contributed by atoms with Crippen LogP contribution in [0.3, 0.4) is 0 Å². The Labute approximate surface area is 157 Å². The van der Waals surface area contributed by atoms with Crippen molar-refractivity contribution in [3.63, 3.8) is 0 Å². The van der Waals surface area contributed by atoms with Gasteiger partial charge in [0.05, 0.1) is 6.04 Å². The Kier molecular flexibility index (Phi) is 6.33. The van der Waals surface area contributed by atoms with Crippen LogP contribution in [0.2, 0.25) is 10.0 Å². The van der Waals surface area contributed by atoms with E-state index in [1.165, 1.54) is 0 Å². The number of halogens is 2. The Hall–Kier alpha value is -1.75. The molecule has 6 heteroatoms. The molecule has 0 aliphatic heterocycles. The summed E-state index contributed by atoms with van der Waals surface area (Å²) < 4.78 is 5.31. The summed E-state index contributed by atoms with van der Waals surface area (Å²) in [5.41, 5.74) is 0.693. The van der Waals surface area contributed by atoms with Crippen LogP contribution in [0.5, 0.6) is 0 Å². The summed E-state index contributed by atoms with van der Waals surface area (Å²) in [5.74, 6) is 0. The van der Waals surface area contributed by atoms with Crippen molar-refractivity contribution in [3.05, 3.63) is 69.7 Å². The van der Waals surface area contributed by atoms with Gasteiger partial charge in [-0.15, -0.1) is 0 Å². The maximum atomic E-state index is 12.2. The van der Waals surface area contributed by atoms with Crippen molar-refractivity contribution < 1.29 is 14.6 Å². The molecule has 1 amide bonds. The minimum Gasteiger partial charge on any atom is -0.444 e. The van der Waals surface area contributed by atoms with E-state index in [0.29, 0.717) is 21.2 Å².